The molecule has 4 N–H and O–H groups in total. The van der Waals surface area contributed by atoms with Crippen molar-refractivity contribution >= 4 is 35.5 Å². The fourth-order valence-corrected chi connectivity index (χ4v) is 6.16. The van der Waals surface area contributed by atoms with Crippen LogP contribution in [0.4, 0.5) is 0 Å². The summed E-state index contributed by atoms with van der Waals surface area (Å²) in [7, 11) is 0. The monoisotopic (exact) mass is 660 g/mol. The summed E-state index contributed by atoms with van der Waals surface area (Å²) >= 11 is 1.33. The van der Waals surface area contributed by atoms with E-state index in [-0.39, 0.29) is 48.2 Å². The van der Waals surface area contributed by atoms with Gasteiger partial charge in [-0.05, 0) is 36.8 Å². The van der Waals surface area contributed by atoms with Crippen LogP contribution in [-0.2, 0) is 22.6 Å². The SMILES string of the molecule is CC(C)C[C@@H]1CN(Cc2ccccc2)CC(=O)N[C@H](Cc2ccccc2)c2nc(cs2)C(=O)N[C@H](C)c2nc(co2)C(=O)N1.O=CO. The van der Waals surface area contributed by atoms with E-state index in [4.69, 9.17) is 14.3 Å². The zero-order valence-corrected chi connectivity index (χ0v) is 27.4. The number of carboxylic acid groups (broad SMARTS) is 1. The van der Waals surface area contributed by atoms with E-state index in [0.29, 0.717) is 36.9 Å². The molecule has 0 spiro atoms. The van der Waals surface area contributed by atoms with Crippen molar-refractivity contribution in [1.82, 2.24) is 30.8 Å². The number of aromatic nitrogens is 2. The number of carbonyl (C=O) groups is 4. The average Bonchev–Trinajstić information content (AvgIpc) is 3.73. The topological polar surface area (TPSA) is 167 Å². The lowest BCUT2D eigenvalue weighted by atomic mass is 10.0. The van der Waals surface area contributed by atoms with Crippen molar-refractivity contribution in [3.63, 3.8) is 0 Å². The van der Waals surface area contributed by atoms with Crippen LogP contribution in [0.1, 0.15) is 82.3 Å². The molecule has 1 aliphatic rings. The summed E-state index contributed by atoms with van der Waals surface area (Å²) in [6, 6.07) is 18.5. The quantitative estimate of drug-likeness (QED) is 0.220. The molecule has 4 aromatic rings. The molecule has 12 nitrogen and oxygen atoms in total. The first-order valence-corrected chi connectivity index (χ1v) is 16.2. The molecule has 0 fully saturated rings. The summed E-state index contributed by atoms with van der Waals surface area (Å²) in [4.78, 5) is 59.5. The van der Waals surface area contributed by atoms with E-state index >= 15 is 0 Å². The molecule has 13 heteroatoms. The van der Waals surface area contributed by atoms with Crippen molar-refractivity contribution in [3.05, 3.63) is 106 Å². The third-order valence-corrected chi connectivity index (χ3v) is 8.29. The number of nitrogens with zero attached hydrogens (tertiary/aromatic N) is 3. The van der Waals surface area contributed by atoms with Crippen LogP contribution in [0.3, 0.4) is 0 Å². The molecule has 1 aliphatic heterocycles. The van der Waals surface area contributed by atoms with E-state index in [1.165, 1.54) is 17.6 Å². The summed E-state index contributed by atoms with van der Waals surface area (Å²) in [6.07, 6.45) is 2.52. The number of nitrogens with one attached hydrogen (secondary N) is 3. The first-order valence-electron chi connectivity index (χ1n) is 15.3. The number of benzene rings is 2. The number of oxazole rings is 1. The Hall–Kier alpha value is -4.88. The molecular formula is C34H40N6O6S. The van der Waals surface area contributed by atoms with Crippen LogP contribution < -0.4 is 16.0 Å². The standard InChI is InChI=1S/C33H38N6O4S.CH2O2/c1-21(2)14-25-17-39(16-24-12-8-5-9-13-24)18-29(40)36-26(15-23-10-6-4-7-11-23)33-38-28(20-44-33)31(42)34-22(3)32-37-27(19-43-32)30(41)35-25;2-1-3/h4-13,19-22,25-26H,14-18H2,1-3H3,(H,34,42)(H,35,41)(H,36,40);1H,(H,2,3)/t22-,25-,26-;/m1./s1. The molecule has 0 saturated carbocycles. The van der Waals surface area contributed by atoms with Gasteiger partial charge in [-0.1, -0.05) is 74.5 Å². The zero-order chi connectivity index (χ0) is 33.8. The van der Waals surface area contributed by atoms with E-state index in [1.807, 2.05) is 60.7 Å². The minimum Gasteiger partial charge on any atom is -0.483 e. The minimum absolute atomic E-state index is 0.106. The number of thiazole rings is 1. The normalized spacial score (nSPS) is 19.3. The van der Waals surface area contributed by atoms with Crippen LogP contribution in [0.25, 0.3) is 0 Å². The fraction of sp³-hybridized carbons (Fsp3) is 0.353. The molecule has 2 aromatic carbocycles. The Kier molecular flexibility index (Phi) is 12.8. The zero-order valence-electron chi connectivity index (χ0n) is 26.6. The van der Waals surface area contributed by atoms with Crippen molar-refractivity contribution in [3.8, 4) is 0 Å². The lowest BCUT2D eigenvalue weighted by Crippen LogP contribution is -2.47. The second kappa shape index (κ2) is 17.2. The summed E-state index contributed by atoms with van der Waals surface area (Å²) in [6.45, 7) is 6.76. The molecule has 0 aliphatic carbocycles. The summed E-state index contributed by atoms with van der Waals surface area (Å²) in [5, 5.41) is 18.4. The maximum absolute atomic E-state index is 13.7. The summed E-state index contributed by atoms with van der Waals surface area (Å²) < 4.78 is 5.59. The number of carbonyl (C=O) groups excluding carboxylic acids is 3. The first-order chi connectivity index (χ1) is 22.6. The van der Waals surface area contributed by atoms with E-state index in [9.17, 15) is 14.4 Å². The van der Waals surface area contributed by atoms with E-state index in [0.717, 1.165) is 11.1 Å². The third-order valence-electron chi connectivity index (χ3n) is 7.33. The Bertz CT molecular complexity index is 1610. The van der Waals surface area contributed by atoms with Crippen LogP contribution in [0, 0.1) is 5.92 Å². The van der Waals surface area contributed by atoms with Gasteiger partial charge in [-0.15, -0.1) is 11.3 Å². The van der Waals surface area contributed by atoms with Crippen molar-refractivity contribution in [2.24, 2.45) is 5.92 Å². The van der Waals surface area contributed by atoms with Crippen molar-refractivity contribution in [2.45, 2.75) is 58.3 Å². The highest BCUT2D eigenvalue weighted by atomic mass is 32.1. The molecule has 248 valence electrons. The highest BCUT2D eigenvalue weighted by Gasteiger charge is 2.27. The molecule has 47 heavy (non-hydrogen) atoms. The predicted octanol–water partition coefficient (Wildman–Crippen LogP) is 4.38. The van der Waals surface area contributed by atoms with E-state index in [1.54, 1.807) is 12.3 Å². The Morgan fingerprint density at radius 1 is 0.957 bits per heavy atom. The van der Waals surface area contributed by atoms with Gasteiger partial charge in [-0.25, -0.2) is 9.97 Å². The second-order valence-corrected chi connectivity index (χ2v) is 12.6. The van der Waals surface area contributed by atoms with Gasteiger partial charge >= 0.3 is 0 Å². The average molecular weight is 661 g/mol. The minimum atomic E-state index is -0.597. The van der Waals surface area contributed by atoms with Crippen LogP contribution in [0.15, 0.2) is 76.7 Å². The van der Waals surface area contributed by atoms with Gasteiger partial charge in [0.2, 0.25) is 11.8 Å². The molecule has 3 atom stereocenters. The largest absolute Gasteiger partial charge is 0.483 e. The number of amides is 3. The smallest absolute Gasteiger partial charge is 0.290 e. The lowest BCUT2D eigenvalue weighted by molar-refractivity contribution is -0.124. The molecule has 2 aromatic heterocycles. The van der Waals surface area contributed by atoms with Gasteiger partial charge in [0.05, 0.1) is 12.6 Å². The molecule has 3 heterocycles. The maximum Gasteiger partial charge on any atom is 0.290 e. The Morgan fingerprint density at radius 3 is 2.26 bits per heavy atom. The molecule has 3 amide bonds. The highest BCUT2D eigenvalue weighted by Crippen LogP contribution is 2.24. The van der Waals surface area contributed by atoms with Gasteiger partial charge < -0.3 is 25.5 Å². The van der Waals surface area contributed by atoms with Gasteiger partial charge in [0, 0.05) is 24.5 Å². The molecular weight excluding hydrogens is 620 g/mol. The highest BCUT2D eigenvalue weighted by molar-refractivity contribution is 7.09. The predicted molar refractivity (Wildman–Crippen MR) is 177 cm³/mol. The van der Waals surface area contributed by atoms with Gasteiger partial charge in [-0.3, -0.25) is 24.1 Å². The van der Waals surface area contributed by atoms with Gasteiger partial charge in [0.15, 0.2) is 5.69 Å². The Morgan fingerprint density at radius 2 is 1.60 bits per heavy atom. The number of fused-ring (bicyclic) bond motifs is 4. The van der Waals surface area contributed by atoms with Gasteiger partial charge in [0.1, 0.15) is 23.0 Å². The summed E-state index contributed by atoms with van der Waals surface area (Å²) in [5.74, 6) is -0.431. The molecule has 0 saturated heterocycles. The molecule has 5 rings (SSSR count). The van der Waals surface area contributed by atoms with Crippen LogP contribution >= 0.6 is 11.3 Å². The van der Waals surface area contributed by atoms with Crippen molar-refractivity contribution in [2.75, 3.05) is 13.1 Å². The Balaban J connectivity index is 0.00000160. The van der Waals surface area contributed by atoms with Gasteiger partial charge in [-0.2, -0.15) is 0 Å². The molecule has 0 unspecified atom stereocenters. The second-order valence-electron chi connectivity index (χ2n) is 11.7. The number of hydrogen-bond acceptors (Lipinski definition) is 9. The fourth-order valence-electron chi connectivity index (χ4n) is 5.31. The van der Waals surface area contributed by atoms with E-state index < -0.39 is 18.0 Å². The van der Waals surface area contributed by atoms with E-state index in [2.05, 4.69) is 44.7 Å². The third kappa shape index (κ3) is 10.6. The first kappa shape index (κ1) is 35.0. The van der Waals surface area contributed by atoms with Gasteiger partial charge in [0.25, 0.3) is 18.3 Å². The maximum atomic E-state index is 13.7. The van der Waals surface area contributed by atoms with Crippen LogP contribution in [-0.4, -0.2) is 63.3 Å². The summed E-state index contributed by atoms with van der Waals surface area (Å²) in [5.41, 5.74) is 2.46. The van der Waals surface area contributed by atoms with Crippen LogP contribution in [0.2, 0.25) is 0 Å². The van der Waals surface area contributed by atoms with Crippen molar-refractivity contribution in [1.29, 1.82) is 0 Å². The van der Waals surface area contributed by atoms with Crippen molar-refractivity contribution < 1.29 is 28.7 Å². The number of rotatable bonds is 6. The molecule has 0 radical (unpaired) electrons. The lowest BCUT2D eigenvalue weighted by Gasteiger charge is -2.29. The Labute approximate surface area is 277 Å². The van der Waals surface area contributed by atoms with Crippen LogP contribution in [0.5, 0.6) is 0 Å². The number of hydrogen-bond donors (Lipinski definition) is 4. The molecule has 4 bridgehead atoms.